The van der Waals surface area contributed by atoms with Crippen LogP contribution in [0.2, 0.25) is 0 Å². The first kappa shape index (κ1) is 21.3. The topological polar surface area (TPSA) is 115 Å². The summed E-state index contributed by atoms with van der Waals surface area (Å²) in [5.41, 5.74) is 12.7. The molecule has 0 bridgehead atoms. The van der Waals surface area contributed by atoms with E-state index >= 15 is 0 Å². The van der Waals surface area contributed by atoms with Gasteiger partial charge in [-0.25, -0.2) is 4.98 Å². The fraction of sp³-hybridized carbons (Fsp3) is 0.471. The van der Waals surface area contributed by atoms with Gasteiger partial charge >= 0.3 is 0 Å². The number of nitrogens with two attached hydrogens (primary N) is 2. The number of furan rings is 1. The van der Waals surface area contributed by atoms with Gasteiger partial charge in [0.1, 0.15) is 5.82 Å². The number of halogens is 2. The van der Waals surface area contributed by atoms with Crippen LogP contribution in [0.15, 0.2) is 28.9 Å². The van der Waals surface area contributed by atoms with E-state index in [2.05, 4.69) is 14.9 Å². The van der Waals surface area contributed by atoms with E-state index in [1.54, 1.807) is 17.0 Å². The molecule has 1 saturated heterocycles. The van der Waals surface area contributed by atoms with E-state index in [0.29, 0.717) is 43.8 Å². The highest BCUT2D eigenvalue weighted by Gasteiger charge is 2.30. The average molecular weight is 415 g/mol. The second-order valence-electron chi connectivity index (χ2n) is 6.69. The normalized spacial score (nSPS) is 21.7. The molecular weight excluding hydrogens is 391 g/mol. The Labute approximate surface area is 170 Å². The Balaban J connectivity index is 0.00000131. The highest BCUT2D eigenvalue weighted by molar-refractivity contribution is 5.91. The molecule has 1 aliphatic heterocycles. The van der Waals surface area contributed by atoms with E-state index in [4.69, 9.17) is 15.9 Å². The Morgan fingerprint density at radius 2 is 1.85 bits per heavy atom. The van der Waals surface area contributed by atoms with Crippen LogP contribution in [0, 0.1) is 0 Å². The molecule has 3 heterocycles. The molecular formula is C17H24Cl2N6O2. The van der Waals surface area contributed by atoms with Crippen LogP contribution < -0.4 is 16.4 Å². The van der Waals surface area contributed by atoms with Gasteiger partial charge in [-0.15, -0.1) is 24.8 Å². The van der Waals surface area contributed by atoms with Crippen molar-refractivity contribution in [3.8, 4) is 0 Å². The molecule has 10 heteroatoms. The maximum absolute atomic E-state index is 12.3. The van der Waals surface area contributed by atoms with Crippen LogP contribution >= 0.6 is 24.8 Å². The zero-order chi connectivity index (χ0) is 17.4. The Morgan fingerprint density at radius 1 is 1.15 bits per heavy atom. The summed E-state index contributed by atoms with van der Waals surface area (Å²) in [5, 5.41) is 0. The molecule has 0 radical (unpaired) electrons. The smallest absolute Gasteiger partial charge is 0.289 e. The fourth-order valence-electron chi connectivity index (χ4n) is 3.44. The number of piperazine rings is 1. The van der Waals surface area contributed by atoms with Crippen molar-refractivity contribution < 1.29 is 9.21 Å². The van der Waals surface area contributed by atoms with E-state index in [-0.39, 0.29) is 36.8 Å². The standard InChI is InChI=1S/C17H22N6O2.2ClH/c18-12-8-11(9-12)13-10-15(21-17(19)20-13)22-3-5-23(6-4-22)16(24)14-2-1-7-25-14;;/h1-2,7,10-12H,3-6,8-9,18H2,(H2,19,20,21);2*1H. The summed E-state index contributed by atoms with van der Waals surface area (Å²) < 4.78 is 5.19. The van der Waals surface area contributed by atoms with E-state index in [0.717, 1.165) is 24.4 Å². The third-order valence-electron chi connectivity index (χ3n) is 4.97. The number of anilines is 2. The SMILES string of the molecule is Cl.Cl.Nc1nc(C2CC(N)C2)cc(N2CCN(C(=O)c3ccco3)CC2)n1. The minimum atomic E-state index is -0.0732. The molecule has 4 N–H and O–H groups in total. The molecule has 0 unspecified atom stereocenters. The highest BCUT2D eigenvalue weighted by atomic mass is 35.5. The molecule has 0 spiro atoms. The lowest BCUT2D eigenvalue weighted by Crippen LogP contribution is -2.49. The van der Waals surface area contributed by atoms with Crippen molar-refractivity contribution in [2.24, 2.45) is 5.73 Å². The molecule has 1 aliphatic carbocycles. The van der Waals surface area contributed by atoms with E-state index in [1.807, 2.05) is 6.07 Å². The van der Waals surface area contributed by atoms with Crippen LogP contribution in [0.5, 0.6) is 0 Å². The predicted octanol–water partition coefficient (Wildman–Crippen LogP) is 1.66. The average Bonchev–Trinajstić information content (AvgIpc) is 3.12. The zero-order valence-corrected chi connectivity index (χ0v) is 16.4. The monoisotopic (exact) mass is 414 g/mol. The second-order valence-corrected chi connectivity index (χ2v) is 6.69. The third-order valence-corrected chi connectivity index (χ3v) is 4.97. The first-order valence-corrected chi connectivity index (χ1v) is 8.58. The van der Waals surface area contributed by atoms with Gasteiger partial charge in [0.05, 0.1) is 12.0 Å². The lowest BCUT2D eigenvalue weighted by atomic mass is 9.78. The number of amides is 1. The quantitative estimate of drug-likeness (QED) is 0.784. The largest absolute Gasteiger partial charge is 0.459 e. The molecule has 2 aromatic heterocycles. The minimum Gasteiger partial charge on any atom is -0.459 e. The number of hydrogen-bond acceptors (Lipinski definition) is 7. The van der Waals surface area contributed by atoms with Crippen LogP contribution in [0.25, 0.3) is 0 Å². The zero-order valence-electron chi connectivity index (χ0n) is 14.8. The summed E-state index contributed by atoms with van der Waals surface area (Å²) in [6.07, 6.45) is 3.41. The van der Waals surface area contributed by atoms with Crippen molar-refractivity contribution in [3.05, 3.63) is 35.9 Å². The molecule has 2 aliphatic rings. The van der Waals surface area contributed by atoms with Crippen molar-refractivity contribution in [2.75, 3.05) is 36.8 Å². The van der Waals surface area contributed by atoms with Crippen molar-refractivity contribution in [1.29, 1.82) is 0 Å². The maximum atomic E-state index is 12.3. The lowest BCUT2D eigenvalue weighted by Gasteiger charge is -2.36. The van der Waals surface area contributed by atoms with E-state index in [9.17, 15) is 4.79 Å². The molecule has 0 aromatic carbocycles. The first-order valence-electron chi connectivity index (χ1n) is 8.58. The van der Waals surface area contributed by atoms with Gasteiger partial charge in [0.25, 0.3) is 5.91 Å². The van der Waals surface area contributed by atoms with Gasteiger partial charge in [0, 0.05) is 44.2 Å². The van der Waals surface area contributed by atoms with Crippen molar-refractivity contribution in [1.82, 2.24) is 14.9 Å². The summed E-state index contributed by atoms with van der Waals surface area (Å²) in [6.45, 7) is 2.64. The molecule has 0 atom stereocenters. The number of carbonyl (C=O) groups excluding carboxylic acids is 1. The number of aromatic nitrogens is 2. The van der Waals surface area contributed by atoms with Crippen LogP contribution in [0.1, 0.15) is 35.0 Å². The van der Waals surface area contributed by atoms with E-state index in [1.165, 1.54) is 6.26 Å². The first-order chi connectivity index (χ1) is 12.1. The van der Waals surface area contributed by atoms with Crippen LogP contribution in [0.4, 0.5) is 11.8 Å². The highest BCUT2D eigenvalue weighted by Crippen LogP contribution is 2.36. The molecule has 1 saturated carbocycles. The molecule has 8 nitrogen and oxygen atoms in total. The Hall–Kier alpha value is -2.03. The Kier molecular flexibility index (Phi) is 6.91. The van der Waals surface area contributed by atoms with Gasteiger partial charge < -0.3 is 25.7 Å². The van der Waals surface area contributed by atoms with Gasteiger partial charge in [0.15, 0.2) is 5.76 Å². The summed E-state index contributed by atoms with van der Waals surface area (Å²) in [6, 6.07) is 5.69. The number of rotatable bonds is 3. The molecule has 2 aromatic rings. The summed E-state index contributed by atoms with van der Waals surface area (Å²) in [5.74, 6) is 1.80. The fourth-order valence-corrected chi connectivity index (χ4v) is 3.44. The van der Waals surface area contributed by atoms with Crippen molar-refractivity contribution >= 4 is 42.5 Å². The Bertz CT molecular complexity index is 759. The summed E-state index contributed by atoms with van der Waals surface area (Å²) in [4.78, 5) is 25.0. The molecule has 4 rings (SSSR count). The summed E-state index contributed by atoms with van der Waals surface area (Å²) >= 11 is 0. The van der Waals surface area contributed by atoms with Gasteiger partial charge in [0.2, 0.25) is 5.95 Å². The van der Waals surface area contributed by atoms with Gasteiger partial charge in [-0.05, 0) is 25.0 Å². The molecule has 27 heavy (non-hydrogen) atoms. The molecule has 148 valence electrons. The number of nitrogen functional groups attached to an aromatic ring is 1. The predicted molar refractivity (Wildman–Crippen MR) is 108 cm³/mol. The molecule has 1 amide bonds. The maximum Gasteiger partial charge on any atom is 0.289 e. The number of nitrogens with zero attached hydrogens (tertiary/aromatic N) is 4. The van der Waals surface area contributed by atoms with E-state index < -0.39 is 0 Å². The van der Waals surface area contributed by atoms with Crippen molar-refractivity contribution in [2.45, 2.75) is 24.8 Å². The minimum absolute atomic E-state index is 0. The van der Waals surface area contributed by atoms with Gasteiger partial charge in [-0.1, -0.05) is 0 Å². The number of hydrogen-bond donors (Lipinski definition) is 2. The van der Waals surface area contributed by atoms with Crippen LogP contribution in [-0.2, 0) is 0 Å². The van der Waals surface area contributed by atoms with Gasteiger partial charge in [-0.2, -0.15) is 4.98 Å². The third kappa shape index (κ3) is 4.45. The van der Waals surface area contributed by atoms with Gasteiger partial charge in [-0.3, -0.25) is 4.79 Å². The second kappa shape index (κ2) is 8.77. The lowest BCUT2D eigenvalue weighted by molar-refractivity contribution is 0.0714. The molecule has 2 fully saturated rings. The summed E-state index contributed by atoms with van der Waals surface area (Å²) in [7, 11) is 0. The van der Waals surface area contributed by atoms with Crippen LogP contribution in [0.3, 0.4) is 0 Å². The van der Waals surface area contributed by atoms with Crippen LogP contribution in [-0.4, -0.2) is 53.0 Å². The Morgan fingerprint density at radius 3 is 2.44 bits per heavy atom. The number of carbonyl (C=O) groups is 1. The van der Waals surface area contributed by atoms with Crippen molar-refractivity contribution in [3.63, 3.8) is 0 Å².